The first kappa shape index (κ1) is 21.0. The number of para-hydroxylation sites is 1. The van der Waals surface area contributed by atoms with Gasteiger partial charge in [-0.15, -0.1) is 0 Å². The molecule has 0 aliphatic carbocycles. The van der Waals surface area contributed by atoms with Crippen LogP contribution in [0, 0.1) is 13.8 Å². The highest BCUT2D eigenvalue weighted by Gasteiger charge is 2.53. The van der Waals surface area contributed by atoms with E-state index >= 15 is 0 Å². The van der Waals surface area contributed by atoms with Gasteiger partial charge in [0.2, 0.25) is 0 Å². The molecular weight excluding hydrogens is 392 g/mol. The molecule has 1 N–H and O–H groups in total. The van der Waals surface area contributed by atoms with Crippen LogP contribution in [0.15, 0.2) is 79.0 Å². The third kappa shape index (κ3) is 3.37. The summed E-state index contributed by atoms with van der Waals surface area (Å²) in [6.07, 6.45) is 4.08. The SMILES string of the molecule is CC[C@@H]1OC(c2ccc(C)cc2)(c2ccc(C)cc2)[C@H](Cc2c[nH]c3ccccc23)N1C. The van der Waals surface area contributed by atoms with Crippen LogP contribution >= 0.6 is 0 Å². The molecule has 0 radical (unpaired) electrons. The number of ether oxygens (including phenoxy) is 1. The average Bonchev–Trinajstić information content (AvgIpc) is 3.35. The predicted molar refractivity (Wildman–Crippen MR) is 132 cm³/mol. The van der Waals surface area contributed by atoms with Crippen molar-refractivity contribution in [2.75, 3.05) is 7.05 Å². The number of aromatic amines is 1. The number of fused-ring (bicyclic) bond motifs is 1. The summed E-state index contributed by atoms with van der Waals surface area (Å²) >= 11 is 0. The monoisotopic (exact) mass is 424 g/mol. The van der Waals surface area contributed by atoms with Crippen molar-refractivity contribution in [2.24, 2.45) is 0 Å². The first-order valence-corrected chi connectivity index (χ1v) is 11.6. The van der Waals surface area contributed by atoms with Crippen LogP contribution in [-0.4, -0.2) is 29.2 Å². The van der Waals surface area contributed by atoms with Crippen molar-refractivity contribution in [3.8, 4) is 0 Å². The van der Waals surface area contributed by atoms with Crippen LogP contribution in [0.5, 0.6) is 0 Å². The second kappa shape index (κ2) is 8.23. The topological polar surface area (TPSA) is 28.3 Å². The third-order valence-corrected chi connectivity index (χ3v) is 7.14. The Morgan fingerprint density at radius 3 is 2.06 bits per heavy atom. The third-order valence-electron chi connectivity index (χ3n) is 7.14. The zero-order valence-electron chi connectivity index (χ0n) is 19.4. The summed E-state index contributed by atoms with van der Waals surface area (Å²) in [6, 6.07) is 26.6. The first-order valence-electron chi connectivity index (χ1n) is 11.6. The van der Waals surface area contributed by atoms with Gasteiger partial charge < -0.3 is 9.72 Å². The maximum absolute atomic E-state index is 7.05. The Balaban J connectivity index is 1.69. The minimum absolute atomic E-state index is 0.0628. The summed E-state index contributed by atoms with van der Waals surface area (Å²) in [4.78, 5) is 5.91. The Morgan fingerprint density at radius 2 is 1.47 bits per heavy atom. The fourth-order valence-electron chi connectivity index (χ4n) is 5.32. The van der Waals surface area contributed by atoms with E-state index in [1.54, 1.807) is 0 Å². The summed E-state index contributed by atoms with van der Waals surface area (Å²) in [6.45, 7) is 6.49. The largest absolute Gasteiger partial charge is 0.361 e. The fourth-order valence-corrected chi connectivity index (χ4v) is 5.32. The lowest BCUT2D eigenvalue weighted by molar-refractivity contribution is -0.0392. The van der Waals surface area contributed by atoms with E-state index in [4.69, 9.17) is 4.74 Å². The van der Waals surface area contributed by atoms with Gasteiger partial charge in [-0.3, -0.25) is 4.90 Å². The highest BCUT2D eigenvalue weighted by molar-refractivity contribution is 5.83. The van der Waals surface area contributed by atoms with Gasteiger partial charge in [-0.25, -0.2) is 0 Å². The molecule has 1 fully saturated rings. The number of nitrogens with one attached hydrogen (secondary N) is 1. The summed E-state index contributed by atoms with van der Waals surface area (Å²) in [5.41, 5.74) is 6.96. The van der Waals surface area contributed by atoms with Crippen LogP contribution in [0.2, 0.25) is 0 Å². The predicted octanol–water partition coefficient (Wildman–Crippen LogP) is 6.34. The van der Waals surface area contributed by atoms with Gasteiger partial charge in [0.25, 0.3) is 0 Å². The number of benzene rings is 3. The standard InChI is InChI=1S/C29H32N2O/c1-5-28-31(4)27(18-22-19-30-26-9-7-6-8-25(22)26)29(32-28,23-14-10-20(2)11-15-23)24-16-12-21(3)13-17-24/h6-17,19,27-28,30H,5,18H2,1-4H3/t27-,28-/m0/s1. The maximum atomic E-state index is 7.05. The Labute approximate surface area is 191 Å². The number of likely N-dealkylation sites (N-methyl/N-ethyl adjacent to an activating group) is 1. The molecule has 0 bridgehead atoms. The van der Waals surface area contributed by atoms with E-state index in [0.717, 1.165) is 12.8 Å². The Morgan fingerprint density at radius 1 is 0.875 bits per heavy atom. The van der Waals surface area contributed by atoms with Gasteiger partial charge in [-0.1, -0.05) is 84.8 Å². The zero-order valence-corrected chi connectivity index (χ0v) is 19.4. The number of aryl methyl sites for hydroxylation is 2. The zero-order chi connectivity index (χ0) is 22.3. The van der Waals surface area contributed by atoms with Crippen LogP contribution < -0.4 is 0 Å². The Bertz CT molecular complexity index is 1160. The molecule has 1 saturated heterocycles. The number of aromatic nitrogens is 1. The van der Waals surface area contributed by atoms with Crippen LogP contribution in [0.4, 0.5) is 0 Å². The summed E-state index contributed by atoms with van der Waals surface area (Å²) < 4.78 is 7.05. The lowest BCUT2D eigenvalue weighted by atomic mass is 9.77. The second-order valence-electron chi connectivity index (χ2n) is 9.19. The molecule has 4 aromatic rings. The number of nitrogens with zero attached hydrogens (tertiary/aromatic N) is 1. The molecule has 2 atom stereocenters. The van der Waals surface area contributed by atoms with Crippen molar-refractivity contribution < 1.29 is 4.74 Å². The van der Waals surface area contributed by atoms with Crippen molar-refractivity contribution >= 4 is 10.9 Å². The molecule has 3 aromatic carbocycles. The quantitative estimate of drug-likeness (QED) is 0.405. The van der Waals surface area contributed by atoms with Gasteiger partial charge in [0, 0.05) is 17.1 Å². The lowest BCUT2D eigenvalue weighted by Gasteiger charge is -2.37. The molecule has 164 valence electrons. The van der Waals surface area contributed by atoms with E-state index in [0.29, 0.717) is 0 Å². The van der Waals surface area contributed by atoms with Crippen molar-refractivity contribution in [2.45, 2.75) is 51.5 Å². The van der Waals surface area contributed by atoms with Crippen LogP contribution in [0.1, 0.15) is 41.2 Å². The molecule has 1 aliphatic rings. The van der Waals surface area contributed by atoms with Gasteiger partial charge in [-0.05, 0) is 56.5 Å². The van der Waals surface area contributed by atoms with E-state index in [1.807, 2.05) is 0 Å². The van der Waals surface area contributed by atoms with Crippen molar-refractivity contribution in [1.29, 1.82) is 0 Å². The van der Waals surface area contributed by atoms with Crippen molar-refractivity contribution in [3.63, 3.8) is 0 Å². The molecule has 0 spiro atoms. The minimum Gasteiger partial charge on any atom is -0.361 e. The van der Waals surface area contributed by atoms with E-state index in [1.165, 1.54) is 38.7 Å². The first-order chi connectivity index (χ1) is 15.5. The second-order valence-corrected chi connectivity index (χ2v) is 9.19. The van der Waals surface area contributed by atoms with E-state index < -0.39 is 5.60 Å². The molecule has 0 amide bonds. The molecule has 0 unspecified atom stereocenters. The molecule has 1 aliphatic heterocycles. The van der Waals surface area contributed by atoms with Gasteiger partial charge in [0.15, 0.2) is 0 Å². The number of hydrogen-bond acceptors (Lipinski definition) is 2. The Hall–Kier alpha value is -2.88. The average molecular weight is 425 g/mol. The normalized spacial score (nSPS) is 20.8. The van der Waals surface area contributed by atoms with E-state index in [2.05, 4.69) is 117 Å². The molecule has 1 aromatic heterocycles. The molecular formula is C29H32N2O. The van der Waals surface area contributed by atoms with Gasteiger partial charge in [0.05, 0.1) is 6.04 Å². The highest BCUT2D eigenvalue weighted by atomic mass is 16.5. The van der Waals surface area contributed by atoms with Crippen LogP contribution in [0.3, 0.4) is 0 Å². The summed E-state index contributed by atoms with van der Waals surface area (Å²) in [5.74, 6) is 0. The lowest BCUT2D eigenvalue weighted by Crippen LogP contribution is -2.44. The number of H-pyrrole nitrogens is 1. The van der Waals surface area contributed by atoms with Crippen molar-refractivity contribution in [3.05, 3.63) is 107 Å². The van der Waals surface area contributed by atoms with Crippen LogP contribution in [0.25, 0.3) is 10.9 Å². The minimum atomic E-state index is -0.533. The molecule has 32 heavy (non-hydrogen) atoms. The summed E-state index contributed by atoms with van der Waals surface area (Å²) in [7, 11) is 2.22. The molecule has 3 nitrogen and oxygen atoms in total. The smallest absolute Gasteiger partial charge is 0.136 e. The van der Waals surface area contributed by atoms with Gasteiger partial charge >= 0.3 is 0 Å². The molecule has 5 rings (SSSR count). The molecule has 3 heteroatoms. The molecule has 2 heterocycles. The van der Waals surface area contributed by atoms with Crippen molar-refractivity contribution in [1.82, 2.24) is 9.88 Å². The Kier molecular flexibility index (Phi) is 5.40. The van der Waals surface area contributed by atoms with Crippen LogP contribution in [-0.2, 0) is 16.8 Å². The number of hydrogen-bond donors (Lipinski definition) is 1. The van der Waals surface area contributed by atoms with Gasteiger partial charge in [0.1, 0.15) is 11.8 Å². The number of rotatable bonds is 5. The summed E-state index contributed by atoms with van der Waals surface area (Å²) in [5, 5.41) is 1.29. The van der Waals surface area contributed by atoms with E-state index in [9.17, 15) is 0 Å². The van der Waals surface area contributed by atoms with E-state index in [-0.39, 0.29) is 12.3 Å². The fraction of sp³-hybridized carbons (Fsp3) is 0.310. The highest BCUT2D eigenvalue weighted by Crippen LogP contribution is 2.47. The molecule has 0 saturated carbocycles. The maximum Gasteiger partial charge on any atom is 0.136 e. The van der Waals surface area contributed by atoms with Gasteiger partial charge in [-0.2, -0.15) is 0 Å².